The van der Waals surface area contributed by atoms with E-state index >= 15 is 0 Å². The molecule has 5 nitrogen and oxygen atoms in total. The maximum atomic E-state index is 12.9. The van der Waals surface area contributed by atoms with Gasteiger partial charge in [-0.3, -0.25) is 4.68 Å². The first-order chi connectivity index (χ1) is 11.1. The normalized spacial score (nSPS) is 19.8. The quantitative estimate of drug-likeness (QED) is 0.845. The van der Waals surface area contributed by atoms with E-state index in [4.69, 9.17) is 0 Å². The highest BCUT2D eigenvalue weighted by atomic mass is 32.2. The molecule has 0 unspecified atom stereocenters. The van der Waals surface area contributed by atoms with Crippen LogP contribution in [0.4, 0.5) is 0 Å². The summed E-state index contributed by atoms with van der Waals surface area (Å²) in [5, 5.41) is 4.01. The number of hydrogen-bond donors (Lipinski definition) is 0. The largest absolute Gasteiger partial charge is 0.274 e. The van der Waals surface area contributed by atoms with Crippen LogP contribution in [0.2, 0.25) is 0 Å². The highest BCUT2D eigenvalue weighted by Gasteiger charge is 2.33. The molecule has 0 radical (unpaired) electrons. The summed E-state index contributed by atoms with van der Waals surface area (Å²) >= 11 is 0. The number of benzene rings is 1. The minimum absolute atomic E-state index is 0.0779. The average molecular weight is 333 g/mol. The Morgan fingerprint density at radius 1 is 1.22 bits per heavy atom. The minimum atomic E-state index is -3.44. The smallest absolute Gasteiger partial charge is 0.246 e. The van der Waals surface area contributed by atoms with Gasteiger partial charge in [-0.2, -0.15) is 9.40 Å². The minimum Gasteiger partial charge on any atom is -0.274 e. The van der Waals surface area contributed by atoms with Crippen molar-refractivity contribution in [1.29, 1.82) is 0 Å². The van der Waals surface area contributed by atoms with Crippen LogP contribution < -0.4 is 0 Å². The van der Waals surface area contributed by atoms with Gasteiger partial charge >= 0.3 is 0 Å². The Labute approximate surface area is 138 Å². The molecule has 0 bridgehead atoms. The Morgan fingerprint density at radius 2 is 2.00 bits per heavy atom. The maximum absolute atomic E-state index is 12.9. The van der Waals surface area contributed by atoms with E-state index in [-0.39, 0.29) is 6.04 Å². The van der Waals surface area contributed by atoms with Crippen LogP contribution in [-0.4, -0.2) is 35.1 Å². The zero-order chi connectivity index (χ0) is 16.3. The first kappa shape index (κ1) is 16.2. The lowest BCUT2D eigenvalue weighted by Crippen LogP contribution is -2.43. The van der Waals surface area contributed by atoms with Gasteiger partial charge in [0, 0.05) is 25.8 Å². The summed E-state index contributed by atoms with van der Waals surface area (Å²) in [7, 11) is -1.71. The molecule has 2 aromatic rings. The average Bonchev–Trinajstić information content (AvgIpc) is 3.01. The Morgan fingerprint density at radius 3 is 2.70 bits per heavy atom. The molecule has 1 saturated heterocycles. The molecule has 0 saturated carbocycles. The third-order valence-corrected chi connectivity index (χ3v) is 6.37. The first-order valence-corrected chi connectivity index (χ1v) is 9.56. The summed E-state index contributed by atoms with van der Waals surface area (Å²) in [6.45, 7) is 0.608. The predicted molar refractivity (Wildman–Crippen MR) is 89.5 cm³/mol. The SMILES string of the molecule is Cn1cc(S(=O)(=O)N2CCCC[C@H]2CCc2ccccc2)cn1. The van der Waals surface area contributed by atoms with Gasteiger partial charge < -0.3 is 0 Å². The van der Waals surface area contributed by atoms with E-state index in [1.807, 2.05) is 18.2 Å². The van der Waals surface area contributed by atoms with Gasteiger partial charge in [-0.15, -0.1) is 0 Å². The van der Waals surface area contributed by atoms with Gasteiger partial charge in [-0.25, -0.2) is 8.42 Å². The van der Waals surface area contributed by atoms with Gasteiger partial charge in [0.2, 0.25) is 10.0 Å². The second-order valence-corrected chi connectivity index (χ2v) is 8.03. The van der Waals surface area contributed by atoms with E-state index in [9.17, 15) is 8.42 Å². The molecule has 23 heavy (non-hydrogen) atoms. The van der Waals surface area contributed by atoms with Gasteiger partial charge in [0.25, 0.3) is 0 Å². The molecule has 1 aliphatic heterocycles. The molecule has 0 aliphatic carbocycles. The number of nitrogens with zero attached hydrogens (tertiary/aromatic N) is 3. The summed E-state index contributed by atoms with van der Waals surface area (Å²) in [6.07, 6.45) is 7.76. The number of sulfonamides is 1. The Balaban J connectivity index is 1.76. The fourth-order valence-electron chi connectivity index (χ4n) is 3.22. The van der Waals surface area contributed by atoms with Gasteiger partial charge in [-0.1, -0.05) is 36.8 Å². The molecule has 1 atom stereocenters. The molecule has 0 N–H and O–H groups in total. The summed E-state index contributed by atoms with van der Waals surface area (Å²) in [6, 6.07) is 10.3. The highest BCUT2D eigenvalue weighted by molar-refractivity contribution is 7.89. The van der Waals surface area contributed by atoms with E-state index < -0.39 is 10.0 Å². The van der Waals surface area contributed by atoms with Crippen molar-refractivity contribution >= 4 is 10.0 Å². The number of piperidine rings is 1. The molecule has 0 spiro atoms. The number of aromatic nitrogens is 2. The summed E-state index contributed by atoms with van der Waals surface area (Å²) < 4.78 is 29.0. The lowest BCUT2D eigenvalue weighted by atomic mass is 9.98. The van der Waals surface area contributed by atoms with E-state index in [0.29, 0.717) is 11.4 Å². The molecule has 1 aromatic heterocycles. The van der Waals surface area contributed by atoms with Crippen LogP contribution in [0.25, 0.3) is 0 Å². The molecule has 3 rings (SSSR count). The van der Waals surface area contributed by atoms with Crippen LogP contribution in [0, 0.1) is 0 Å². The second kappa shape index (κ2) is 6.84. The van der Waals surface area contributed by atoms with Gasteiger partial charge in [0.05, 0.1) is 6.20 Å². The molecule has 2 heterocycles. The molecule has 1 fully saturated rings. The van der Waals surface area contributed by atoms with Crippen molar-refractivity contribution in [2.24, 2.45) is 7.05 Å². The molecule has 0 amide bonds. The van der Waals surface area contributed by atoms with Crippen molar-refractivity contribution in [3.63, 3.8) is 0 Å². The third kappa shape index (κ3) is 3.64. The van der Waals surface area contributed by atoms with E-state index in [1.165, 1.54) is 16.4 Å². The van der Waals surface area contributed by atoms with Crippen molar-refractivity contribution in [3.8, 4) is 0 Å². The Hall–Kier alpha value is -1.66. The zero-order valence-electron chi connectivity index (χ0n) is 13.4. The summed E-state index contributed by atoms with van der Waals surface area (Å²) in [5.74, 6) is 0. The molecule has 124 valence electrons. The van der Waals surface area contributed by atoms with Crippen LogP contribution in [0.5, 0.6) is 0 Å². The molecule has 1 aliphatic rings. The lowest BCUT2D eigenvalue weighted by molar-refractivity contribution is 0.241. The van der Waals surface area contributed by atoms with Crippen LogP contribution in [-0.2, 0) is 23.5 Å². The third-order valence-electron chi connectivity index (χ3n) is 4.47. The van der Waals surface area contributed by atoms with E-state index in [2.05, 4.69) is 17.2 Å². The van der Waals surface area contributed by atoms with Crippen LogP contribution in [0.15, 0.2) is 47.6 Å². The van der Waals surface area contributed by atoms with Crippen molar-refractivity contribution in [2.75, 3.05) is 6.54 Å². The highest BCUT2D eigenvalue weighted by Crippen LogP contribution is 2.27. The standard InChI is InChI=1S/C17H23N3O2S/c1-19-14-17(13-18-19)23(21,22)20-12-6-5-9-16(20)11-10-15-7-3-2-4-8-15/h2-4,7-8,13-14,16H,5-6,9-12H2,1H3/t16-/m0/s1. The van der Waals surface area contributed by atoms with E-state index in [1.54, 1.807) is 17.5 Å². The predicted octanol–water partition coefficient (Wildman–Crippen LogP) is 2.60. The monoisotopic (exact) mass is 333 g/mol. The second-order valence-electron chi connectivity index (χ2n) is 6.14. The summed E-state index contributed by atoms with van der Waals surface area (Å²) in [4.78, 5) is 0.298. The number of rotatable bonds is 5. The number of hydrogen-bond acceptors (Lipinski definition) is 3. The molecular formula is C17H23N3O2S. The molecular weight excluding hydrogens is 310 g/mol. The molecule has 6 heteroatoms. The lowest BCUT2D eigenvalue weighted by Gasteiger charge is -2.34. The van der Waals surface area contributed by atoms with Crippen LogP contribution in [0.3, 0.4) is 0 Å². The first-order valence-electron chi connectivity index (χ1n) is 8.12. The summed E-state index contributed by atoms with van der Waals surface area (Å²) in [5.41, 5.74) is 1.26. The topological polar surface area (TPSA) is 55.2 Å². The van der Waals surface area contributed by atoms with Crippen LogP contribution >= 0.6 is 0 Å². The van der Waals surface area contributed by atoms with Gasteiger partial charge in [0.15, 0.2) is 0 Å². The van der Waals surface area contributed by atoms with Gasteiger partial charge in [-0.05, 0) is 31.2 Å². The molecule has 1 aromatic carbocycles. The fourth-order valence-corrected chi connectivity index (χ4v) is 4.93. The van der Waals surface area contributed by atoms with Crippen LogP contribution in [0.1, 0.15) is 31.2 Å². The van der Waals surface area contributed by atoms with Crippen molar-refractivity contribution in [3.05, 3.63) is 48.3 Å². The fraction of sp³-hybridized carbons (Fsp3) is 0.471. The Kier molecular flexibility index (Phi) is 4.82. The van der Waals surface area contributed by atoms with Gasteiger partial charge in [0.1, 0.15) is 4.90 Å². The van der Waals surface area contributed by atoms with Crippen molar-refractivity contribution < 1.29 is 8.42 Å². The number of aryl methyl sites for hydroxylation is 2. The maximum Gasteiger partial charge on any atom is 0.246 e. The zero-order valence-corrected chi connectivity index (χ0v) is 14.2. The van der Waals surface area contributed by atoms with E-state index in [0.717, 1.165) is 32.1 Å². The Bertz CT molecular complexity index is 740. The van der Waals surface area contributed by atoms with Crippen molar-refractivity contribution in [2.45, 2.75) is 43.0 Å². The van der Waals surface area contributed by atoms with Crippen molar-refractivity contribution in [1.82, 2.24) is 14.1 Å².